The number of aliphatic hydroxyl groups is 1. The molecule has 0 aromatic heterocycles. The van der Waals surface area contributed by atoms with E-state index in [4.69, 9.17) is 4.74 Å². The van der Waals surface area contributed by atoms with E-state index in [0.29, 0.717) is 6.61 Å². The number of fused-ring (bicyclic) bond motifs is 1. The lowest BCUT2D eigenvalue weighted by Crippen LogP contribution is -2.31. The van der Waals surface area contributed by atoms with Crippen LogP contribution in [0.15, 0.2) is 30.4 Å². The third-order valence-electron chi connectivity index (χ3n) is 4.06. The molecule has 0 radical (unpaired) electrons. The van der Waals surface area contributed by atoms with Crippen molar-refractivity contribution in [1.82, 2.24) is 5.32 Å². The van der Waals surface area contributed by atoms with E-state index < -0.39 is 0 Å². The van der Waals surface area contributed by atoms with Crippen LogP contribution in [0.25, 0.3) is 0 Å². The minimum Gasteiger partial charge on any atom is -0.493 e. The summed E-state index contributed by atoms with van der Waals surface area (Å²) in [5, 5.41) is 12.7. The summed E-state index contributed by atoms with van der Waals surface area (Å²) in [5.74, 6) is 0.792. The molecule has 2 N–H and O–H groups in total. The Morgan fingerprint density at radius 1 is 1.35 bits per heavy atom. The van der Waals surface area contributed by atoms with Crippen molar-refractivity contribution in [1.29, 1.82) is 0 Å². The molecule has 1 heterocycles. The third-order valence-corrected chi connectivity index (χ3v) is 4.06. The topological polar surface area (TPSA) is 41.5 Å². The van der Waals surface area contributed by atoms with Crippen molar-refractivity contribution < 1.29 is 14.2 Å². The molecule has 1 aromatic rings. The summed E-state index contributed by atoms with van der Waals surface area (Å²) in [6.45, 7) is 0.865. The number of hydrogen-bond acceptors (Lipinski definition) is 3. The predicted molar refractivity (Wildman–Crippen MR) is 75.1 cm³/mol. The summed E-state index contributed by atoms with van der Waals surface area (Å²) in [6, 6.07) is 5.08. The molecule has 1 aliphatic carbocycles. The lowest BCUT2D eigenvalue weighted by Gasteiger charge is -2.22. The first kappa shape index (κ1) is 13.6. The summed E-state index contributed by atoms with van der Waals surface area (Å²) in [6.07, 6.45) is 6.94. The third kappa shape index (κ3) is 2.86. The molecular formula is C16H20FNO2. The second-order valence-corrected chi connectivity index (χ2v) is 5.56. The zero-order valence-corrected chi connectivity index (χ0v) is 11.4. The fourth-order valence-electron chi connectivity index (χ4n) is 3.01. The maximum atomic E-state index is 13.5. The molecule has 1 aliphatic heterocycles. The molecule has 0 bridgehead atoms. The summed E-state index contributed by atoms with van der Waals surface area (Å²) in [7, 11) is 0. The highest BCUT2D eigenvalue weighted by Crippen LogP contribution is 2.33. The van der Waals surface area contributed by atoms with E-state index in [1.54, 1.807) is 12.1 Å². The number of ether oxygens (including phenoxy) is 1. The average Bonchev–Trinajstić information content (AvgIpc) is 2.82. The molecule has 0 fully saturated rings. The van der Waals surface area contributed by atoms with Gasteiger partial charge >= 0.3 is 0 Å². The Morgan fingerprint density at radius 2 is 2.25 bits per heavy atom. The molecule has 0 amide bonds. The van der Waals surface area contributed by atoms with E-state index in [0.717, 1.165) is 30.6 Å². The smallest absolute Gasteiger partial charge is 0.124 e. The van der Waals surface area contributed by atoms with Crippen molar-refractivity contribution >= 4 is 0 Å². The summed E-state index contributed by atoms with van der Waals surface area (Å²) in [4.78, 5) is 0. The van der Waals surface area contributed by atoms with Gasteiger partial charge in [0.15, 0.2) is 0 Å². The van der Waals surface area contributed by atoms with Crippen LogP contribution in [0.4, 0.5) is 4.39 Å². The van der Waals surface area contributed by atoms with E-state index >= 15 is 0 Å². The standard InChI is InChI=1S/C16H20FNO2/c17-12-4-6-16-14(9-12)15(2-1-7-20-16)18-13-5-3-11(8-13)10-19/h3-6,9,11,13,15,18-19H,1-2,7-8,10H2/t11-,13+,15?/m0/s1. The fraction of sp³-hybridized carbons (Fsp3) is 0.500. The van der Waals surface area contributed by atoms with Gasteiger partial charge in [-0.15, -0.1) is 0 Å². The molecule has 1 unspecified atom stereocenters. The van der Waals surface area contributed by atoms with Crippen LogP contribution >= 0.6 is 0 Å². The Bertz CT molecular complexity index is 503. The molecule has 4 heteroatoms. The molecule has 3 rings (SSSR count). The summed E-state index contributed by atoms with van der Waals surface area (Å²) in [5.41, 5.74) is 0.906. The van der Waals surface area contributed by atoms with Gasteiger partial charge in [-0.25, -0.2) is 4.39 Å². The number of halogens is 1. The van der Waals surface area contributed by atoms with Crippen molar-refractivity contribution in [2.45, 2.75) is 31.3 Å². The van der Waals surface area contributed by atoms with Crippen LogP contribution in [0.3, 0.4) is 0 Å². The van der Waals surface area contributed by atoms with Gasteiger partial charge in [-0.1, -0.05) is 12.2 Å². The second kappa shape index (κ2) is 5.94. The van der Waals surface area contributed by atoms with Gasteiger partial charge in [-0.2, -0.15) is 0 Å². The van der Waals surface area contributed by atoms with Crippen LogP contribution in [0.1, 0.15) is 30.9 Å². The molecule has 3 nitrogen and oxygen atoms in total. The molecule has 0 saturated heterocycles. The number of hydrogen-bond donors (Lipinski definition) is 2. The number of rotatable bonds is 3. The van der Waals surface area contributed by atoms with E-state index in [1.807, 2.05) is 0 Å². The van der Waals surface area contributed by atoms with Crippen molar-refractivity contribution in [3.63, 3.8) is 0 Å². The highest BCUT2D eigenvalue weighted by Gasteiger charge is 2.25. The van der Waals surface area contributed by atoms with Crippen LogP contribution in [0.2, 0.25) is 0 Å². The SMILES string of the molecule is OC[C@H]1C=C[C@@H](NC2CCCOc3ccc(F)cc32)C1. The molecule has 0 saturated carbocycles. The van der Waals surface area contributed by atoms with Gasteiger partial charge in [0, 0.05) is 30.2 Å². The zero-order chi connectivity index (χ0) is 13.9. The highest BCUT2D eigenvalue weighted by atomic mass is 19.1. The monoisotopic (exact) mass is 277 g/mol. The Labute approximate surface area is 118 Å². The van der Waals surface area contributed by atoms with Crippen LogP contribution in [0, 0.1) is 11.7 Å². The van der Waals surface area contributed by atoms with Gasteiger partial charge in [-0.05, 0) is 37.5 Å². The average molecular weight is 277 g/mol. The van der Waals surface area contributed by atoms with Crippen molar-refractivity contribution in [2.24, 2.45) is 5.92 Å². The quantitative estimate of drug-likeness (QED) is 0.834. The highest BCUT2D eigenvalue weighted by molar-refractivity contribution is 5.37. The van der Waals surface area contributed by atoms with Gasteiger partial charge in [0.2, 0.25) is 0 Å². The van der Waals surface area contributed by atoms with Gasteiger partial charge in [-0.3, -0.25) is 0 Å². The van der Waals surface area contributed by atoms with Crippen LogP contribution in [0.5, 0.6) is 5.75 Å². The second-order valence-electron chi connectivity index (χ2n) is 5.56. The summed E-state index contributed by atoms with van der Waals surface area (Å²) < 4.78 is 19.2. The minimum atomic E-state index is -0.226. The van der Waals surface area contributed by atoms with E-state index in [9.17, 15) is 9.50 Å². The van der Waals surface area contributed by atoms with Crippen molar-refractivity contribution in [3.05, 3.63) is 41.7 Å². The molecule has 1 aromatic carbocycles. The zero-order valence-electron chi connectivity index (χ0n) is 11.4. The maximum Gasteiger partial charge on any atom is 0.124 e. The molecule has 108 valence electrons. The Hall–Kier alpha value is -1.39. The van der Waals surface area contributed by atoms with Crippen LogP contribution < -0.4 is 10.1 Å². The number of nitrogens with one attached hydrogen (secondary N) is 1. The molecule has 20 heavy (non-hydrogen) atoms. The molecule has 0 spiro atoms. The largest absolute Gasteiger partial charge is 0.493 e. The van der Waals surface area contributed by atoms with E-state index in [-0.39, 0.29) is 30.4 Å². The van der Waals surface area contributed by atoms with Crippen molar-refractivity contribution in [3.8, 4) is 5.75 Å². The number of benzene rings is 1. The van der Waals surface area contributed by atoms with Crippen LogP contribution in [-0.4, -0.2) is 24.4 Å². The number of aliphatic hydroxyl groups excluding tert-OH is 1. The summed E-state index contributed by atoms with van der Waals surface area (Å²) >= 11 is 0. The first-order valence-electron chi connectivity index (χ1n) is 7.24. The Morgan fingerprint density at radius 3 is 3.05 bits per heavy atom. The van der Waals surface area contributed by atoms with Crippen LogP contribution in [-0.2, 0) is 0 Å². The maximum absolute atomic E-state index is 13.5. The molecular weight excluding hydrogens is 257 g/mol. The lowest BCUT2D eigenvalue weighted by molar-refractivity contribution is 0.244. The first-order chi connectivity index (χ1) is 9.76. The van der Waals surface area contributed by atoms with Gasteiger partial charge in [0.05, 0.1) is 6.61 Å². The van der Waals surface area contributed by atoms with E-state index in [2.05, 4.69) is 17.5 Å². The fourth-order valence-corrected chi connectivity index (χ4v) is 3.01. The Balaban J connectivity index is 1.77. The predicted octanol–water partition coefficient (Wildman–Crippen LogP) is 2.57. The Kier molecular flexibility index (Phi) is 4.03. The first-order valence-corrected chi connectivity index (χ1v) is 7.24. The van der Waals surface area contributed by atoms with Gasteiger partial charge in [0.1, 0.15) is 11.6 Å². The molecule has 2 aliphatic rings. The van der Waals surface area contributed by atoms with Crippen molar-refractivity contribution in [2.75, 3.05) is 13.2 Å². The lowest BCUT2D eigenvalue weighted by atomic mass is 10.00. The van der Waals surface area contributed by atoms with E-state index in [1.165, 1.54) is 6.07 Å². The molecule has 3 atom stereocenters. The normalized spacial score (nSPS) is 28.8. The van der Waals surface area contributed by atoms with Gasteiger partial charge < -0.3 is 15.2 Å². The minimum absolute atomic E-state index is 0.107. The van der Waals surface area contributed by atoms with Gasteiger partial charge in [0.25, 0.3) is 0 Å².